The molecule has 296 valence electrons. The monoisotopic (exact) mass is 706 g/mol. The second kappa shape index (κ2) is 40.6. The molecule has 50 heavy (non-hydrogen) atoms. The van der Waals surface area contributed by atoms with Crippen LogP contribution in [0.3, 0.4) is 0 Å². The van der Waals surface area contributed by atoms with Crippen LogP contribution in [-0.2, 0) is 4.79 Å². The number of carbonyl (C=O) groups is 1. The molecule has 0 bridgehead atoms. The van der Waals surface area contributed by atoms with Gasteiger partial charge in [-0.1, -0.05) is 224 Å². The van der Waals surface area contributed by atoms with Gasteiger partial charge in [-0.25, -0.2) is 0 Å². The Morgan fingerprint density at radius 2 is 0.820 bits per heavy atom. The van der Waals surface area contributed by atoms with Gasteiger partial charge in [-0.3, -0.25) is 4.79 Å². The molecule has 3 unspecified atom stereocenters. The average Bonchev–Trinajstić information content (AvgIpc) is 3.12. The van der Waals surface area contributed by atoms with Gasteiger partial charge in [-0.15, -0.1) is 0 Å². The molecule has 1 amide bonds. The summed E-state index contributed by atoms with van der Waals surface area (Å²) in [7, 11) is 0. The number of aliphatic hydroxyl groups is 3. The molecule has 0 radical (unpaired) electrons. The first kappa shape index (κ1) is 48.8. The van der Waals surface area contributed by atoms with Crippen LogP contribution in [0.25, 0.3) is 0 Å². The highest BCUT2D eigenvalue weighted by Crippen LogP contribution is 2.16. The summed E-state index contributed by atoms with van der Waals surface area (Å²) >= 11 is 0. The number of allylic oxidation sites excluding steroid dienone is 3. The molecule has 0 saturated carbocycles. The summed E-state index contributed by atoms with van der Waals surface area (Å²) in [6.07, 6.45) is 49.2. The summed E-state index contributed by atoms with van der Waals surface area (Å²) in [4.78, 5) is 12.4. The zero-order chi connectivity index (χ0) is 36.6. The van der Waals surface area contributed by atoms with Gasteiger partial charge in [0.2, 0.25) is 5.91 Å². The van der Waals surface area contributed by atoms with Gasteiger partial charge < -0.3 is 20.6 Å². The lowest BCUT2D eigenvalue weighted by atomic mass is 10.0. The summed E-state index contributed by atoms with van der Waals surface area (Å²) in [5.74, 6) is -0.510. The SMILES string of the molecule is CCCCCCCCCCCCCCCC/C=C/CC/C=C/C(O)C(CO)NC(=O)C(O)CCCCCCCCCCCCCCCCCC. The standard InChI is InChI=1S/C45H87NO4/c1-3-5-7-9-11-13-15-17-19-21-22-23-24-26-27-29-31-33-35-37-39-43(48)42(41-47)46-45(50)44(49)40-38-36-34-32-30-28-25-20-18-16-14-12-10-8-6-4-2/h29,31,37,39,42-44,47-49H,3-28,30,32-36,38,40-41H2,1-2H3,(H,46,50)/b31-29+,39-37+. The van der Waals surface area contributed by atoms with Gasteiger partial charge in [0.25, 0.3) is 0 Å². The summed E-state index contributed by atoms with van der Waals surface area (Å²) in [5.41, 5.74) is 0. The Morgan fingerprint density at radius 1 is 0.480 bits per heavy atom. The minimum atomic E-state index is -1.10. The van der Waals surface area contributed by atoms with Gasteiger partial charge in [0, 0.05) is 0 Å². The van der Waals surface area contributed by atoms with Gasteiger partial charge in [-0.05, 0) is 32.1 Å². The summed E-state index contributed by atoms with van der Waals surface area (Å²) in [6.45, 7) is 4.18. The van der Waals surface area contributed by atoms with Crippen molar-refractivity contribution in [3.8, 4) is 0 Å². The van der Waals surface area contributed by atoms with Crippen LogP contribution in [0, 0.1) is 0 Å². The molecule has 0 aromatic heterocycles. The normalized spacial score (nSPS) is 13.8. The molecule has 0 aliphatic rings. The van der Waals surface area contributed by atoms with Crippen molar-refractivity contribution in [2.24, 2.45) is 0 Å². The number of aliphatic hydroxyl groups excluding tert-OH is 3. The zero-order valence-corrected chi connectivity index (χ0v) is 33.5. The number of carbonyl (C=O) groups excluding carboxylic acids is 1. The molecule has 0 rings (SSSR count). The van der Waals surface area contributed by atoms with E-state index >= 15 is 0 Å². The maximum Gasteiger partial charge on any atom is 0.249 e. The smallest absolute Gasteiger partial charge is 0.249 e. The molecule has 0 spiro atoms. The van der Waals surface area contributed by atoms with Crippen LogP contribution in [0.4, 0.5) is 0 Å². The lowest BCUT2D eigenvalue weighted by molar-refractivity contribution is -0.131. The first-order valence-electron chi connectivity index (χ1n) is 22.2. The number of hydrogen-bond acceptors (Lipinski definition) is 4. The highest BCUT2D eigenvalue weighted by molar-refractivity contribution is 5.80. The van der Waals surface area contributed by atoms with Crippen molar-refractivity contribution in [3.63, 3.8) is 0 Å². The van der Waals surface area contributed by atoms with Gasteiger partial charge in [-0.2, -0.15) is 0 Å². The third-order valence-electron chi connectivity index (χ3n) is 10.3. The molecule has 0 fully saturated rings. The van der Waals surface area contributed by atoms with Gasteiger partial charge in [0.1, 0.15) is 6.10 Å². The molecule has 0 aliphatic carbocycles. The highest BCUT2D eigenvalue weighted by atomic mass is 16.3. The van der Waals surface area contributed by atoms with Crippen molar-refractivity contribution in [1.82, 2.24) is 5.32 Å². The van der Waals surface area contributed by atoms with Crippen LogP contribution in [0.15, 0.2) is 24.3 Å². The fourth-order valence-electron chi connectivity index (χ4n) is 6.79. The maximum absolute atomic E-state index is 12.4. The van der Waals surface area contributed by atoms with Gasteiger partial charge >= 0.3 is 0 Å². The molecule has 0 aliphatic heterocycles. The Kier molecular flexibility index (Phi) is 39.6. The van der Waals surface area contributed by atoms with Gasteiger partial charge in [0.15, 0.2) is 0 Å². The number of hydrogen-bond donors (Lipinski definition) is 4. The predicted octanol–water partition coefficient (Wildman–Crippen LogP) is 12.6. The van der Waals surface area contributed by atoms with Crippen molar-refractivity contribution in [2.45, 2.75) is 250 Å². The highest BCUT2D eigenvalue weighted by Gasteiger charge is 2.22. The Balaban J connectivity index is 3.70. The average molecular weight is 706 g/mol. The second-order valence-electron chi connectivity index (χ2n) is 15.3. The van der Waals surface area contributed by atoms with E-state index in [0.717, 1.165) is 38.5 Å². The van der Waals surface area contributed by atoms with E-state index in [9.17, 15) is 20.1 Å². The van der Waals surface area contributed by atoms with Crippen molar-refractivity contribution >= 4 is 5.91 Å². The summed E-state index contributed by atoms with van der Waals surface area (Å²) in [6, 6.07) is -0.810. The molecule has 4 N–H and O–H groups in total. The fraction of sp³-hybridized carbons (Fsp3) is 0.889. The first-order valence-corrected chi connectivity index (χ1v) is 22.2. The third-order valence-corrected chi connectivity index (χ3v) is 10.3. The van der Waals surface area contributed by atoms with Crippen LogP contribution >= 0.6 is 0 Å². The number of nitrogens with one attached hydrogen (secondary N) is 1. The van der Waals surface area contributed by atoms with E-state index < -0.39 is 24.2 Å². The molecule has 5 nitrogen and oxygen atoms in total. The molecule has 3 atom stereocenters. The van der Waals surface area contributed by atoms with Crippen molar-refractivity contribution in [1.29, 1.82) is 0 Å². The Labute approximate surface area is 312 Å². The molecule has 0 saturated heterocycles. The molecule has 0 aromatic carbocycles. The van der Waals surface area contributed by atoms with Crippen LogP contribution in [0.2, 0.25) is 0 Å². The number of unbranched alkanes of at least 4 members (excludes halogenated alkanes) is 30. The minimum Gasteiger partial charge on any atom is -0.394 e. The molecular weight excluding hydrogens is 618 g/mol. The van der Waals surface area contributed by atoms with E-state index in [2.05, 4.69) is 31.3 Å². The Hall–Kier alpha value is -1.17. The van der Waals surface area contributed by atoms with E-state index in [1.54, 1.807) is 6.08 Å². The second-order valence-corrected chi connectivity index (χ2v) is 15.3. The summed E-state index contributed by atoms with van der Waals surface area (Å²) < 4.78 is 0. The zero-order valence-electron chi connectivity index (χ0n) is 33.5. The van der Waals surface area contributed by atoms with E-state index in [4.69, 9.17) is 0 Å². The predicted molar refractivity (Wildman–Crippen MR) is 218 cm³/mol. The Morgan fingerprint density at radius 3 is 1.22 bits per heavy atom. The molecular formula is C45H87NO4. The maximum atomic E-state index is 12.4. The fourth-order valence-corrected chi connectivity index (χ4v) is 6.79. The molecule has 0 heterocycles. The lowest BCUT2D eigenvalue weighted by Crippen LogP contribution is -2.48. The quantitative estimate of drug-likeness (QED) is 0.0377. The van der Waals surface area contributed by atoms with E-state index in [0.29, 0.717) is 6.42 Å². The minimum absolute atomic E-state index is 0.373. The van der Waals surface area contributed by atoms with E-state index in [1.165, 1.54) is 173 Å². The third kappa shape index (κ3) is 35.2. The number of rotatable bonds is 40. The van der Waals surface area contributed by atoms with Crippen molar-refractivity contribution in [3.05, 3.63) is 24.3 Å². The van der Waals surface area contributed by atoms with Crippen LogP contribution in [0.5, 0.6) is 0 Å². The van der Waals surface area contributed by atoms with Crippen LogP contribution < -0.4 is 5.32 Å². The Bertz CT molecular complexity index is 739. The lowest BCUT2D eigenvalue weighted by Gasteiger charge is -2.21. The van der Waals surface area contributed by atoms with Crippen LogP contribution in [0.1, 0.15) is 232 Å². The molecule has 0 aromatic rings. The van der Waals surface area contributed by atoms with Crippen molar-refractivity contribution in [2.75, 3.05) is 6.61 Å². The molecule has 5 heteroatoms. The van der Waals surface area contributed by atoms with Gasteiger partial charge in [0.05, 0.1) is 18.8 Å². The largest absolute Gasteiger partial charge is 0.394 e. The van der Waals surface area contributed by atoms with Crippen LogP contribution in [-0.4, -0.2) is 46.1 Å². The van der Waals surface area contributed by atoms with E-state index in [1.807, 2.05) is 6.08 Å². The van der Waals surface area contributed by atoms with E-state index in [-0.39, 0.29) is 6.61 Å². The number of amides is 1. The van der Waals surface area contributed by atoms with Crippen molar-refractivity contribution < 1.29 is 20.1 Å². The topological polar surface area (TPSA) is 89.8 Å². The summed E-state index contributed by atoms with van der Waals surface area (Å²) in [5, 5.41) is 33.1. The first-order chi connectivity index (χ1) is 24.6.